The maximum absolute atomic E-state index is 12.3. The van der Waals surface area contributed by atoms with Gasteiger partial charge in [-0.05, 0) is 43.7 Å². The molecule has 1 aromatic carbocycles. The van der Waals surface area contributed by atoms with Crippen LogP contribution in [0.5, 0.6) is 0 Å². The minimum Gasteiger partial charge on any atom is -0.478 e. The second-order valence-electron chi connectivity index (χ2n) is 5.17. The topological polar surface area (TPSA) is 83.5 Å². The summed E-state index contributed by atoms with van der Waals surface area (Å²) in [4.78, 5) is 10.9. The molecule has 0 amide bonds. The minimum atomic E-state index is -3.74. The SMILES string of the molecule is CC1(CNS(=O)(=O)c2ccc(Cl)c(C(=O)O)c2)CCCS1. The summed E-state index contributed by atoms with van der Waals surface area (Å²) >= 11 is 7.49. The second-order valence-corrected chi connectivity index (χ2v) is 9.03. The quantitative estimate of drug-likeness (QED) is 0.853. The van der Waals surface area contributed by atoms with Crippen molar-refractivity contribution < 1.29 is 18.3 Å². The molecule has 1 fully saturated rings. The summed E-state index contributed by atoms with van der Waals surface area (Å²) in [5.41, 5.74) is -0.221. The van der Waals surface area contributed by atoms with Crippen molar-refractivity contribution in [3.63, 3.8) is 0 Å². The van der Waals surface area contributed by atoms with E-state index >= 15 is 0 Å². The third-order valence-electron chi connectivity index (χ3n) is 3.42. The molecule has 8 heteroatoms. The molecule has 1 atom stereocenters. The standard InChI is InChI=1S/C13H16ClNO4S2/c1-13(5-2-6-20-13)8-15-21(18,19)9-3-4-11(14)10(7-9)12(16)17/h3-4,7,15H,2,5-6,8H2,1H3,(H,16,17). The molecule has 2 N–H and O–H groups in total. The average Bonchev–Trinajstić information content (AvgIpc) is 2.84. The molecule has 1 aliphatic rings. The second kappa shape index (κ2) is 6.16. The van der Waals surface area contributed by atoms with E-state index in [0.717, 1.165) is 24.7 Å². The van der Waals surface area contributed by atoms with E-state index in [9.17, 15) is 13.2 Å². The van der Waals surface area contributed by atoms with E-state index in [2.05, 4.69) is 4.72 Å². The number of carboxylic acid groups (broad SMARTS) is 1. The molecular weight excluding hydrogens is 334 g/mol. The molecular formula is C13H16ClNO4S2. The number of hydrogen-bond donors (Lipinski definition) is 2. The Hall–Kier alpha value is -0.760. The first kappa shape index (κ1) is 16.6. The summed E-state index contributed by atoms with van der Waals surface area (Å²) in [5, 5.41) is 9.01. The first-order chi connectivity index (χ1) is 9.73. The van der Waals surface area contributed by atoms with Crippen molar-refractivity contribution in [2.45, 2.75) is 29.4 Å². The smallest absolute Gasteiger partial charge is 0.337 e. The van der Waals surface area contributed by atoms with E-state index in [0.29, 0.717) is 6.54 Å². The summed E-state index contributed by atoms with van der Waals surface area (Å²) in [6.45, 7) is 2.35. The van der Waals surface area contributed by atoms with Gasteiger partial charge >= 0.3 is 5.97 Å². The lowest BCUT2D eigenvalue weighted by Crippen LogP contribution is -2.36. The summed E-state index contributed by atoms with van der Waals surface area (Å²) in [6, 6.07) is 3.67. The van der Waals surface area contributed by atoms with Crippen LogP contribution in [0.15, 0.2) is 23.1 Å². The summed E-state index contributed by atoms with van der Waals surface area (Å²) < 4.78 is 27.0. The van der Waals surface area contributed by atoms with Gasteiger partial charge in [-0.15, -0.1) is 0 Å². The van der Waals surface area contributed by atoms with Crippen molar-refractivity contribution in [3.8, 4) is 0 Å². The molecule has 0 bridgehead atoms. The Bertz CT molecular complexity index is 654. The molecule has 1 aliphatic heterocycles. The van der Waals surface area contributed by atoms with E-state index in [1.165, 1.54) is 12.1 Å². The number of sulfonamides is 1. The van der Waals surface area contributed by atoms with Crippen LogP contribution in [-0.2, 0) is 10.0 Å². The van der Waals surface area contributed by atoms with E-state index in [4.69, 9.17) is 16.7 Å². The van der Waals surface area contributed by atoms with Crippen LogP contribution in [0, 0.1) is 0 Å². The van der Waals surface area contributed by atoms with Crippen LogP contribution < -0.4 is 4.72 Å². The van der Waals surface area contributed by atoms with Gasteiger partial charge < -0.3 is 5.11 Å². The zero-order valence-electron chi connectivity index (χ0n) is 11.4. The fraction of sp³-hybridized carbons (Fsp3) is 0.462. The number of thioether (sulfide) groups is 1. The summed E-state index contributed by atoms with van der Waals surface area (Å²) in [6.07, 6.45) is 2.04. The molecule has 21 heavy (non-hydrogen) atoms. The lowest BCUT2D eigenvalue weighted by atomic mass is 10.1. The number of rotatable bonds is 5. The van der Waals surface area contributed by atoms with E-state index in [-0.39, 0.29) is 20.2 Å². The van der Waals surface area contributed by atoms with Crippen LogP contribution in [0.3, 0.4) is 0 Å². The number of hydrogen-bond acceptors (Lipinski definition) is 4. The highest BCUT2D eigenvalue weighted by Crippen LogP contribution is 2.37. The molecule has 1 saturated heterocycles. The van der Waals surface area contributed by atoms with Gasteiger partial charge in [0.25, 0.3) is 0 Å². The Balaban J connectivity index is 2.19. The largest absolute Gasteiger partial charge is 0.478 e. The molecule has 0 spiro atoms. The van der Waals surface area contributed by atoms with Crippen molar-refractivity contribution in [2.24, 2.45) is 0 Å². The molecule has 2 rings (SSSR count). The molecule has 1 aromatic rings. The van der Waals surface area contributed by atoms with Crippen molar-refractivity contribution in [1.82, 2.24) is 4.72 Å². The van der Waals surface area contributed by atoms with Gasteiger partial charge in [0.05, 0.1) is 15.5 Å². The molecule has 5 nitrogen and oxygen atoms in total. The predicted octanol–water partition coefficient (Wildman–Crippen LogP) is 2.60. The fourth-order valence-corrected chi connectivity index (χ4v) is 4.87. The third-order valence-corrected chi connectivity index (χ3v) is 6.68. The fourth-order valence-electron chi connectivity index (χ4n) is 2.14. The van der Waals surface area contributed by atoms with Gasteiger partial charge in [-0.1, -0.05) is 11.6 Å². The number of halogens is 1. The Kier molecular flexibility index (Phi) is 4.87. The Morgan fingerprint density at radius 1 is 1.52 bits per heavy atom. The maximum atomic E-state index is 12.3. The Morgan fingerprint density at radius 2 is 2.24 bits per heavy atom. The van der Waals surface area contributed by atoms with Gasteiger partial charge in [0.1, 0.15) is 0 Å². The molecule has 0 saturated carbocycles. The zero-order chi connectivity index (χ0) is 15.7. The Morgan fingerprint density at radius 3 is 2.81 bits per heavy atom. The highest BCUT2D eigenvalue weighted by Gasteiger charge is 2.31. The number of carbonyl (C=O) groups is 1. The van der Waals surface area contributed by atoms with E-state index < -0.39 is 16.0 Å². The van der Waals surface area contributed by atoms with Crippen molar-refractivity contribution in [3.05, 3.63) is 28.8 Å². The first-order valence-electron chi connectivity index (χ1n) is 6.40. The van der Waals surface area contributed by atoms with Gasteiger partial charge in [-0.3, -0.25) is 0 Å². The lowest BCUT2D eigenvalue weighted by Gasteiger charge is -2.22. The number of nitrogens with one attached hydrogen (secondary N) is 1. The molecule has 116 valence electrons. The number of benzene rings is 1. The van der Waals surface area contributed by atoms with Gasteiger partial charge in [-0.25, -0.2) is 17.9 Å². The van der Waals surface area contributed by atoms with Crippen LogP contribution >= 0.6 is 23.4 Å². The number of carboxylic acids is 1. The lowest BCUT2D eigenvalue weighted by molar-refractivity contribution is 0.0697. The van der Waals surface area contributed by atoms with Crippen molar-refractivity contribution >= 4 is 39.4 Å². The van der Waals surface area contributed by atoms with E-state index in [1.807, 2.05) is 6.92 Å². The maximum Gasteiger partial charge on any atom is 0.337 e. The van der Waals surface area contributed by atoms with Crippen LogP contribution in [0.4, 0.5) is 0 Å². The Labute approximate surface area is 133 Å². The molecule has 0 aromatic heterocycles. The number of aromatic carboxylic acids is 1. The predicted molar refractivity (Wildman–Crippen MR) is 83.7 cm³/mol. The van der Waals surface area contributed by atoms with Crippen LogP contribution in [0.25, 0.3) is 0 Å². The summed E-state index contributed by atoms with van der Waals surface area (Å²) in [5.74, 6) is -0.224. The normalized spacial score (nSPS) is 22.4. The molecule has 1 unspecified atom stereocenters. The van der Waals surface area contributed by atoms with Gasteiger partial charge in [0.2, 0.25) is 10.0 Å². The van der Waals surface area contributed by atoms with Gasteiger partial charge in [0, 0.05) is 11.3 Å². The zero-order valence-corrected chi connectivity index (χ0v) is 13.8. The highest BCUT2D eigenvalue weighted by atomic mass is 35.5. The average molecular weight is 350 g/mol. The first-order valence-corrected chi connectivity index (χ1v) is 9.25. The van der Waals surface area contributed by atoms with Crippen LogP contribution in [-0.4, -0.2) is 36.5 Å². The third kappa shape index (κ3) is 3.91. The van der Waals surface area contributed by atoms with Crippen LogP contribution in [0.1, 0.15) is 30.1 Å². The van der Waals surface area contributed by atoms with Gasteiger partial charge in [-0.2, -0.15) is 11.8 Å². The molecule has 0 radical (unpaired) electrons. The van der Waals surface area contributed by atoms with E-state index in [1.54, 1.807) is 11.8 Å². The summed E-state index contributed by atoms with van der Waals surface area (Å²) in [7, 11) is -3.74. The van der Waals surface area contributed by atoms with Gasteiger partial charge in [0.15, 0.2) is 0 Å². The molecule has 1 heterocycles. The highest BCUT2D eigenvalue weighted by molar-refractivity contribution is 8.01. The monoisotopic (exact) mass is 349 g/mol. The van der Waals surface area contributed by atoms with Crippen LogP contribution in [0.2, 0.25) is 5.02 Å². The molecule has 0 aliphatic carbocycles. The minimum absolute atomic E-state index is 0.0137. The van der Waals surface area contributed by atoms with Crippen molar-refractivity contribution in [1.29, 1.82) is 0 Å². The van der Waals surface area contributed by atoms with Crippen molar-refractivity contribution in [2.75, 3.05) is 12.3 Å².